The van der Waals surface area contributed by atoms with Crippen LogP contribution in [0.1, 0.15) is 18.2 Å². The van der Waals surface area contributed by atoms with Gasteiger partial charge in [0.1, 0.15) is 6.26 Å². The lowest BCUT2D eigenvalue weighted by Gasteiger charge is -2.41. The molecular formula is C15H19N3O. The molecule has 0 spiro atoms. The third-order valence-electron chi connectivity index (χ3n) is 3.77. The minimum absolute atomic E-state index is 0.00322. The topological polar surface area (TPSA) is 41.3 Å². The van der Waals surface area contributed by atoms with Crippen LogP contribution in [0, 0.1) is 0 Å². The fourth-order valence-electron chi connectivity index (χ4n) is 2.75. The average Bonchev–Trinajstić information content (AvgIpc) is 2.93. The lowest BCUT2D eigenvalue weighted by molar-refractivity contribution is 0.134. The molecule has 0 saturated carbocycles. The van der Waals surface area contributed by atoms with Gasteiger partial charge >= 0.3 is 0 Å². The van der Waals surface area contributed by atoms with Crippen molar-refractivity contribution in [2.24, 2.45) is 0 Å². The van der Waals surface area contributed by atoms with E-state index in [0.29, 0.717) is 0 Å². The molecule has 1 aromatic carbocycles. The summed E-state index contributed by atoms with van der Waals surface area (Å²) < 4.78 is 4.90. The van der Waals surface area contributed by atoms with E-state index < -0.39 is 0 Å². The minimum atomic E-state index is 0.00322. The van der Waals surface area contributed by atoms with Crippen molar-refractivity contribution in [2.45, 2.75) is 19.0 Å². The van der Waals surface area contributed by atoms with Gasteiger partial charge in [-0.25, -0.2) is 0 Å². The highest BCUT2D eigenvalue weighted by atomic mass is 16.5. The van der Waals surface area contributed by atoms with Crippen LogP contribution in [0.2, 0.25) is 0 Å². The van der Waals surface area contributed by atoms with Crippen molar-refractivity contribution in [3.8, 4) is 0 Å². The number of nitrogens with zero attached hydrogens (tertiary/aromatic N) is 2. The summed E-state index contributed by atoms with van der Waals surface area (Å²) in [5.41, 5.74) is 2.33. The van der Waals surface area contributed by atoms with Gasteiger partial charge in [-0.05, 0) is 12.5 Å². The highest BCUT2D eigenvalue weighted by molar-refractivity contribution is 5.25. The molecule has 3 rings (SSSR count). The highest BCUT2D eigenvalue weighted by Crippen LogP contribution is 2.24. The van der Waals surface area contributed by atoms with Crippen LogP contribution in [0.4, 0.5) is 0 Å². The SMILES string of the molecule is CC1(c2ccccc2)CN(Cc2ccon2)CCN1. The Balaban J connectivity index is 1.74. The lowest BCUT2D eigenvalue weighted by Crippen LogP contribution is -2.56. The Morgan fingerprint density at radius 2 is 2.16 bits per heavy atom. The summed E-state index contributed by atoms with van der Waals surface area (Å²) in [5.74, 6) is 0. The van der Waals surface area contributed by atoms with Gasteiger partial charge in [-0.3, -0.25) is 4.90 Å². The monoisotopic (exact) mass is 257 g/mol. The van der Waals surface area contributed by atoms with Crippen LogP contribution < -0.4 is 5.32 Å². The van der Waals surface area contributed by atoms with Crippen LogP contribution in [0.25, 0.3) is 0 Å². The zero-order chi connectivity index (χ0) is 13.1. The number of hydrogen-bond acceptors (Lipinski definition) is 4. The van der Waals surface area contributed by atoms with Crippen molar-refractivity contribution in [3.05, 3.63) is 53.9 Å². The van der Waals surface area contributed by atoms with Gasteiger partial charge in [0.15, 0.2) is 0 Å². The molecule has 1 saturated heterocycles. The first-order valence-corrected chi connectivity index (χ1v) is 6.68. The van der Waals surface area contributed by atoms with Crippen LogP contribution in [0.15, 0.2) is 47.2 Å². The van der Waals surface area contributed by atoms with Gasteiger partial charge in [0.2, 0.25) is 0 Å². The molecule has 1 unspecified atom stereocenters. The Kier molecular flexibility index (Phi) is 3.36. The lowest BCUT2D eigenvalue weighted by atomic mass is 9.89. The summed E-state index contributed by atoms with van der Waals surface area (Å²) in [6.45, 7) is 6.11. The predicted molar refractivity (Wildman–Crippen MR) is 73.6 cm³/mol. The second kappa shape index (κ2) is 5.15. The molecule has 0 bridgehead atoms. The molecule has 19 heavy (non-hydrogen) atoms. The zero-order valence-corrected chi connectivity index (χ0v) is 11.2. The molecule has 1 fully saturated rings. The first-order valence-electron chi connectivity index (χ1n) is 6.68. The zero-order valence-electron chi connectivity index (χ0n) is 11.2. The molecule has 1 aliphatic heterocycles. The molecule has 0 radical (unpaired) electrons. The van der Waals surface area contributed by atoms with Crippen molar-refractivity contribution in [1.29, 1.82) is 0 Å². The standard InChI is InChI=1S/C15H19N3O/c1-15(13-5-3-2-4-6-13)12-18(9-8-16-15)11-14-7-10-19-17-14/h2-7,10,16H,8-9,11-12H2,1H3. The maximum atomic E-state index is 4.90. The van der Waals surface area contributed by atoms with Crippen molar-refractivity contribution < 1.29 is 4.52 Å². The van der Waals surface area contributed by atoms with Crippen LogP contribution in [-0.2, 0) is 12.1 Å². The van der Waals surface area contributed by atoms with E-state index in [-0.39, 0.29) is 5.54 Å². The first kappa shape index (κ1) is 12.4. The summed E-state index contributed by atoms with van der Waals surface area (Å²) in [4.78, 5) is 2.42. The number of piperazine rings is 1. The summed E-state index contributed by atoms with van der Waals surface area (Å²) >= 11 is 0. The molecule has 1 aliphatic rings. The van der Waals surface area contributed by atoms with E-state index in [4.69, 9.17) is 4.52 Å². The number of aromatic nitrogens is 1. The molecule has 2 heterocycles. The molecule has 4 nitrogen and oxygen atoms in total. The molecule has 2 aromatic rings. The van der Waals surface area contributed by atoms with Gasteiger partial charge in [-0.15, -0.1) is 0 Å². The third-order valence-corrected chi connectivity index (χ3v) is 3.77. The smallest absolute Gasteiger partial charge is 0.124 e. The van der Waals surface area contributed by atoms with Crippen LogP contribution >= 0.6 is 0 Å². The van der Waals surface area contributed by atoms with Gasteiger partial charge in [0.25, 0.3) is 0 Å². The van der Waals surface area contributed by atoms with Gasteiger partial charge in [0, 0.05) is 32.2 Å². The highest BCUT2D eigenvalue weighted by Gasteiger charge is 2.32. The Bertz CT molecular complexity index is 511. The molecule has 100 valence electrons. The fraction of sp³-hybridized carbons (Fsp3) is 0.400. The van der Waals surface area contributed by atoms with Gasteiger partial charge in [-0.2, -0.15) is 0 Å². The van der Waals surface area contributed by atoms with Crippen LogP contribution in [0.5, 0.6) is 0 Å². The average molecular weight is 257 g/mol. The summed E-state index contributed by atoms with van der Waals surface area (Å²) in [7, 11) is 0. The number of benzene rings is 1. The fourth-order valence-corrected chi connectivity index (χ4v) is 2.75. The Morgan fingerprint density at radius 1 is 1.32 bits per heavy atom. The predicted octanol–water partition coefficient (Wildman–Crippen LogP) is 2.00. The molecule has 1 N–H and O–H groups in total. The van der Waals surface area contributed by atoms with E-state index in [1.807, 2.05) is 6.07 Å². The van der Waals surface area contributed by atoms with Gasteiger partial charge in [0.05, 0.1) is 11.2 Å². The second-order valence-electron chi connectivity index (χ2n) is 5.33. The normalized spacial score (nSPS) is 24.5. The second-order valence-corrected chi connectivity index (χ2v) is 5.33. The number of rotatable bonds is 3. The minimum Gasteiger partial charge on any atom is -0.364 e. The largest absolute Gasteiger partial charge is 0.364 e. The number of nitrogens with one attached hydrogen (secondary N) is 1. The summed E-state index contributed by atoms with van der Waals surface area (Å²) in [6.07, 6.45) is 1.63. The van der Waals surface area contributed by atoms with E-state index in [1.165, 1.54) is 5.56 Å². The van der Waals surface area contributed by atoms with E-state index in [0.717, 1.165) is 31.9 Å². The maximum Gasteiger partial charge on any atom is 0.124 e. The van der Waals surface area contributed by atoms with Crippen LogP contribution in [-0.4, -0.2) is 29.7 Å². The van der Waals surface area contributed by atoms with Crippen molar-refractivity contribution in [1.82, 2.24) is 15.4 Å². The van der Waals surface area contributed by atoms with Crippen molar-refractivity contribution >= 4 is 0 Å². The Hall–Kier alpha value is -1.65. The maximum absolute atomic E-state index is 4.90. The van der Waals surface area contributed by atoms with E-state index in [1.54, 1.807) is 6.26 Å². The molecule has 4 heteroatoms. The Labute approximate surface area is 113 Å². The summed E-state index contributed by atoms with van der Waals surface area (Å²) in [5, 5.41) is 7.63. The quantitative estimate of drug-likeness (QED) is 0.913. The Morgan fingerprint density at radius 3 is 2.89 bits per heavy atom. The van der Waals surface area contributed by atoms with E-state index in [2.05, 4.69) is 52.6 Å². The molecular weight excluding hydrogens is 238 g/mol. The molecule has 1 atom stereocenters. The van der Waals surface area contributed by atoms with Crippen molar-refractivity contribution in [2.75, 3.05) is 19.6 Å². The number of hydrogen-bond donors (Lipinski definition) is 1. The first-order chi connectivity index (χ1) is 9.26. The van der Waals surface area contributed by atoms with E-state index >= 15 is 0 Å². The van der Waals surface area contributed by atoms with Gasteiger partial charge < -0.3 is 9.84 Å². The molecule has 0 aliphatic carbocycles. The van der Waals surface area contributed by atoms with E-state index in [9.17, 15) is 0 Å². The molecule has 0 amide bonds. The van der Waals surface area contributed by atoms with Crippen molar-refractivity contribution in [3.63, 3.8) is 0 Å². The molecule has 1 aromatic heterocycles. The van der Waals surface area contributed by atoms with Gasteiger partial charge in [-0.1, -0.05) is 35.5 Å². The summed E-state index contributed by atoms with van der Waals surface area (Å²) in [6, 6.07) is 12.6. The van der Waals surface area contributed by atoms with Crippen LogP contribution in [0.3, 0.4) is 0 Å². The third kappa shape index (κ3) is 2.69.